The molecule has 0 aromatic carbocycles. The molecular formula is C24H42O3. The summed E-state index contributed by atoms with van der Waals surface area (Å²) in [6, 6.07) is 0. The van der Waals surface area contributed by atoms with Gasteiger partial charge in [-0.25, -0.2) is 0 Å². The normalized spacial score (nSPS) is 53.3. The van der Waals surface area contributed by atoms with Crippen molar-refractivity contribution in [3.8, 4) is 0 Å². The molecule has 0 saturated heterocycles. The Bertz CT molecular complexity index is 548. The van der Waals surface area contributed by atoms with Crippen LogP contribution in [0.1, 0.15) is 85.0 Å². The number of rotatable bonds is 4. The second-order valence-corrected chi connectivity index (χ2v) is 11.3. The summed E-state index contributed by atoms with van der Waals surface area (Å²) in [5.41, 5.74) is 0.264. The minimum atomic E-state index is -0.499. The summed E-state index contributed by atoms with van der Waals surface area (Å²) in [6.07, 6.45) is 11.6. The van der Waals surface area contributed by atoms with Gasteiger partial charge in [0.05, 0.1) is 11.7 Å². The Kier molecular flexibility index (Phi) is 5.22. The van der Waals surface area contributed by atoms with Crippen LogP contribution < -0.4 is 0 Å². The highest BCUT2D eigenvalue weighted by molar-refractivity contribution is 5.11. The summed E-state index contributed by atoms with van der Waals surface area (Å²) in [4.78, 5) is 0. The van der Waals surface area contributed by atoms with Crippen molar-refractivity contribution < 1.29 is 14.9 Å². The van der Waals surface area contributed by atoms with Gasteiger partial charge in [0.2, 0.25) is 0 Å². The molecule has 0 spiro atoms. The third-order valence-electron chi connectivity index (χ3n) is 10.2. The number of aliphatic hydroxyl groups excluding tert-OH is 1. The lowest BCUT2D eigenvalue weighted by molar-refractivity contribution is -0.157. The highest BCUT2D eigenvalue weighted by atomic mass is 16.5. The molecule has 156 valence electrons. The molecule has 3 heteroatoms. The lowest BCUT2D eigenvalue weighted by atomic mass is 9.43. The largest absolute Gasteiger partial charge is 0.393 e. The lowest BCUT2D eigenvalue weighted by Crippen LogP contribution is -2.56. The molecule has 0 aromatic rings. The molecule has 0 bridgehead atoms. The first-order valence-electron chi connectivity index (χ1n) is 11.6. The van der Waals surface area contributed by atoms with Gasteiger partial charge in [-0.2, -0.15) is 0 Å². The molecule has 3 nitrogen and oxygen atoms in total. The molecule has 4 aliphatic carbocycles. The summed E-state index contributed by atoms with van der Waals surface area (Å²) in [5.74, 6) is 3.66. The zero-order valence-electron chi connectivity index (χ0n) is 18.0. The number of aliphatic hydroxyl groups is 2. The Labute approximate surface area is 166 Å². The maximum absolute atomic E-state index is 11.1. The number of fused-ring (bicyclic) bond motifs is 5. The van der Waals surface area contributed by atoms with Crippen molar-refractivity contribution in [2.45, 2.75) is 96.7 Å². The second-order valence-electron chi connectivity index (χ2n) is 11.3. The average molecular weight is 379 g/mol. The molecule has 0 heterocycles. The molecule has 2 N–H and O–H groups in total. The number of hydrogen-bond donors (Lipinski definition) is 2. The van der Waals surface area contributed by atoms with Gasteiger partial charge in [-0.3, -0.25) is 0 Å². The first kappa shape index (κ1) is 20.2. The maximum Gasteiger partial charge on any atom is 0.0672 e. The Morgan fingerprint density at radius 2 is 1.70 bits per heavy atom. The van der Waals surface area contributed by atoms with E-state index in [9.17, 15) is 10.2 Å². The highest BCUT2D eigenvalue weighted by Crippen LogP contribution is 2.68. The van der Waals surface area contributed by atoms with Crippen LogP contribution in [-0.4, -0.2) is 35.6 Å². The van der Waals surface area contributed by atoms with Gasteiger partial charge in [-0.15, -0.1) is 0 Å². The third kappa shape index (κ3) is 3.11. The summed E-state index contributed by atoms with van der Waals surface area (Å²) in [5, 5.41) is 21.5. The van der Waals surface area contributed by atoms with E-state index in [0.717, 1.165) is 37.0 Å². The predicted octanol–water partition coefficient (Wildman–Crippen LogP) is 4.79. The zero-order valence-corrected chi connectivity index (χ0v) is 18.0. The minimum Gasteiger partial charge on any atom is -0.393 e. The number of methoxy groups -OCH3 is 1. The summed E-state index contributed by atoms with van der Waals surface area (Å²) in [7, 11) is 1.74. The Balaban J connectivity index is 1.52. The summed E-state index contributed by atoms with van der Waals surface area (Å²) >= 11 is 0. The van der Waals surface area contributed by atoms with E-state index in [2.05, 4.69) is 13.8 Å². The van der Waals surface area contributed by atoms with Crippen LogP contribution in [0, 0.1) is 40.4 Å². The van der Waals surface area contributed by atoms with E-state index in [0.29, 0.717) is 29.3 Å². The van der Waals surface area contributed by atoms with Gasteiger partial charge >= 0.3 is 0 Å². The molecule has 9 atom stereocenters. The number of hydrogen-bond acceptors (Lipinski definition) is 3. The van der Waals surface area contributed by atoms with Crippen LogP contribution in [-0.2, 0) is 4.74 Å². The fourth-order valence-corrected chi connectivity index (χ4v) is 8.67. The Morgan fingerprint density at radius 3 is 2.41 bits per heavy atom. The zero-order chi connectivity index (χ0) is 19.4. The van der Waals surface area contributed by atoms with Crippen LogP contribution in [0.15, 0.2) is 0 Å². The second kappa shape index (κ2) is 6.99. The Morgan fingerprint density at radius 1 is 0.963 bits per heavy atom. The smallest absolute Gasteiger partial charge is 0.0672 e. The molecule has 0 aromatic heterocycles. The van der Waals surface area contributed by atoms with Gasteiger partial charge in [-0.05, 0) is 112 Å². The third-order valence-corrected chi connectivity index (χ3v) is 10.2. The van der Waals surface area contributed by atoms with Crippen molar-refractivity contribution >= 4 is 0 Å². The average Bonchev–Trinajstić information content (AvgIpc) is 2.98. The van der Waals surface area contributed by atoms with Crippen molar-refractivity contribution in [2.24, 2.45) is 40.4 Å². The van der Waals surface area contributed by atoms with Gasteiger partial charge in [0.15, 0.2) is 0 Å². The molecule has 0 amide bonds. The summed E-state index contributed by atoms with van der Waals surface area (Å²) in [6.45, 7) is 7.75. The van der Waals surface area contributed by atoms with Gasteiger partial charge in [-0.1, -0.05) is 13.8 Å². The van der Waals surface area contributed by atoms with Crippen LogP contribution in [0.3, 0.4) is 0 Å². The van der Waals surface area contributed by atoms with Crippen LogP contribution in [0.2, 0.25) is 0 Å². The molecule has 4 fully saturated rings. The topological polar surface area (TPSA) is 49.7 Å². The quantitative estimate of drug-likeness (QED) is 0.739. The van der Waals surface area contributed by atoms with Gasteiger partial charge in [0.25, 0.3) is 0 Å². The molecule has 4 aliphatic rings. The molecule has 0 aliphatic heterocycles. The molecule has 0 radical (unpaired) electrons. The predicted molar refractivity (Wildman–Crippen MR) is 108 cm³/mol. The van der Waals surface area contributed by atoms with Gasteiger partial charge < -0.3 is 14.9 Å². The van der Waals surface area contributed by atoms with Crippen molar-refractivity contribution in [2.75, 3.05) is 13.7 Å². The fourth-order valence-electron chi connectivity index (χ4n) is 8.67. The SMILES string of the molecule is COCC[C@@]1(O)CC[C@@]2(C)[C@@H](CC[C@@H]3[C@@H]2CC[C@]2(C)[C@@H](C(C)O)CC[C@@H]32)C1. The van der Waals surface area contributed by atoms with E-state index in [1.54, 1.807) is 7.11 Å². The highest BCUT2D eigenvalue weighted by Gasteiger charge is 2.61. The van der Waals surface area contributed by atoms with E-state index in [1.165, 1.54) is 44.9 Å². The minimum absolute atomic E-state index is 0.158. The van der Waals surface area contributed by atoms with Crippen LogP contribution >= 0.6 is 0 Å². The molecular weight excluding hydrogens is 336 g/mol. The van der Waals surface area contributed by atoms with Crippen molar-refractivity contribution in [1.82, 2.24) is 0 Å². The van der Waals surface area contributed by atoms with Crippen LogP contribution in [0.5, 0.6) is 0 Å². The van der Waals surface area contributed by atoms with Crippen molar-refractivity contribution in [3.05, 3.63) is 0 Å². The standard InChI is InChI=1S/C24H42O3/c1-16(25)19-7-8-20-18-6-5-17-15-24(26,13-14-27-4)12-11-22(17,2)21(18)9-10-23(19,20)3/h16-21,25-26H,5-15H2,1-4H3/t16?,17-,18-,19+,20-,21-,22-,23+,24-/m0/s1. The van der Waals surface area contributed by atoms with E-state index in [-0.39, 0.29) is 6.10 Å². The van der Waals surface area contributed by atoms with E-state index < -0.39 is 5.60 Å². The van der Waals surface area contributed by atoms with E-state index in [1.807, 2.05) is 6.92 Å². The van der Waals surface area contributed by atoms with Crippen molar-refractivity contribution in [1.29, 1.82) is 0 Å². The Hall–Kier alpha value is -0.120. The summed E-state index contributed by atoms with van der Waals surface area (Å²) < 4.78 is 5.26. The van der Waals surface area contributed by atoms with Gasteiger partial charge in [0.1, 0.15) is 0 Å². The van der Waals surface area contributed by atoms with E-state index >= 15 is 0 Å². The van der Waals surface area contributed by atoms with E-state index in [4.69, 9.17) is 4.74 Å². The monoisotopic (exact) mass is 378 g/mol. The maximum atomic E-state index is 11.1. The number of ether oxygens (including phenoxy) is 1. The fraction of sp³-hybridized carbons (Fsp3) is 1.00. The van der Waals surface area contributed by atoms with Crippen LogP contribution in [0.25, 0.3) is 0 Å². The van der Waals surface area contributed by atoms with Gasteiger partial charge in [0, 0.05) is 13.7 Å². The molecule has 1 unspecified atom stereocenters. The van der Waals surface area contributed by atoms with Crippen molar-refractivity contribution in [3.63, 3.8) is 0 Å². The first-order valence-corrected chi connectivity index (χ1v) is 11.6. The van der Waals surface area contributed by atoms with Crippen LogP contribution in [0.4, 0.5) is 0 Å². The molecule has 4 saturated carbocycles. The molecule has 27 heavy (non-hydrogen) atoms. The lowest BCUT2D eigenvalue weighted by Gasteiger charge is -2.62. The first-order chi connectivity index (χ1) is 12.7. The molecule has 4 rings (SSSR count).